The van der Waals surface area contributed by atoms with Crippen LogP contribution in [0, 0.1) is 24.0 Å². The van der Waals surface area contributed by atoms with Crippen molar-refractivity contribution in [1.82, 2.24) is 19.5 Å². The first-order valence-electron chi connectivity index (χ1n) is 14.7. The first kappa shape index (κ1) is 37.6. The molecule has 0 radical (unpaired) electrons. The van der Waals surface area contributed by atoms with Gasteiger partial charge >= 0.3 is 18.2 Å². The van der Waals surface area contributed by atoms with E-state index in [9.17, 15) is 36.4 Å². The second kappa shape index (κ2) is 15.8. The van der Waals surface area contributed by atoms with Crippen LogP contribution in [0.3, 0.4) is 0 Å². The quantitative estimate of drug-likeness (QED) is 0.0560. The third-order valence-corrected chi connectivity index (χ3v) is 8.57. The molecular formula is C30H37F3N6O8S. The van der Waals surface area contributed by atoms with E-state index >= 15 is 0 Å². The Morgan fingerprint density at radius 2 is 1.71 bits per heavy atom. The van der Waals surface area contributed by atoms with E-state index < -0.39 is 59.3 Å². The molecule has 0 aliphatic carbocycles. The highest BCUT2D eigenvalue weighted by atomic mass is 32.2. The summed E-state index contributed by atoms with van der Waals surface area (Å²) in [6, 6.07) is 11.6. The molecule has 0 bridgehead atoms. The van der Waals surface area contributed by atoms with E-state index in [-0.39, 0.29) is 27.2 Å². The molecule has 0 saturated heterocycles. The molecule has 18 heteroatoms. The average Bonchev–Trinajstić information content (AvgIpc) is 3.49. The van der Waals surface area contributed by atoms with Gasteiger partial charge in [0.15, 0.2) is 5.69 Å². The number of rotatable bonds is 14. The lowest BCUT2D eigenvalue weighted by Gasteiger charge is -2.27. The zero-order valence-corrected chi connectivity index (χ0v) is 27.9. The van der Waals surface area contributed by atoms with Gasteiger partial charge in [-0.1, -0.05) is 63.9 Å². The number of hydrazine groups is 1. The van der Waals surface area contributed by atoms with Gasteiger partial charge in [0, 0.05) is 5.56 Å². The lowest BCUT2D eigenvalue weighted by molar-refractivity contribution is -0.715. The molecule has 14 nitrogen and oxygen atoms in total. The van der Waals surface area contributed by atoms with Crippen LogP contribution in [0.25, 0.3) is 16.9 Å². The van der Waals surface area contributed by atoms with Gasteiger partial charge in [-0.2, -0.15) is 18.3 Å². The predicted molar refractivity (Wildman–Crippen MR) is 164 cm³/mol. The van der Waals surface area contributed by atoms with Gasteiger partial charge in [0.1, 0.15) is 12.6 Å². The Labute approximate surface area is 275 Å². The second-order valence-electron chi connectivity index (χ2n) is 11.1. The number of carbonyl (C=O) groups is 2. The van der Waals surface area contributed by atoms with Crippen molar-refractivity contribution < 1.29 is 50.5 Å². The molecule has 1 heterocycles. The number of sulfonamides is 1. The number of likely N-dealkylation sites (N-methyl/N-ethyl adjacent to an activating group) is 1. The number of amides is 1. The van der Waals surface area contributed by atoms with Crippen LogP contribution < -0.4 is 4.72 Å². The Bertz CT molecular complexity index is 1690. The standard InChI is InChI=1S/C30H37F3N6O8S/c1-7-21(5)26(37(6)39(42)36-47-18-46-28(40)19(2)3)17-45-29(41)35-48(43,44)24-14-12-23(13-15-24)38-25(16-27(34-38)30(31,32)33)22-10-8-20(4)9-11-22/h8-16,19,21,26H,7,17-18H2,1-6H3,(H,35,41)/b39-36-/t21-,26-/m1/s1. The number of nitrogens with one attached hydrogen (secondary N) is 1. The molecule has 262 valence electrons. The van der Waals surface area contributed by atoms with E-state index in [0.29, 0.717) is 12.0 Å². The number of aromatic nitrogens is 2. The first-order chi connectivity index (χ1) is 22.4. The molecule has 2 aromatic carbocycles. The number of nitrogens with zero attached hydrogens (tertiary/aromatic N) is 5. The summed E-state index contributed by atoms with van der Waals surface area (Å²) in [4.78, 5) is 28.5. The maximum absolute atomic E-state index is 13.5. The maximum atomic E-state index is 13.5. The highest BCUT2D eigenvalue weighted by molar-refractivity contribution is 7.90. The number of aryl methyl sites for hydroxylation is 1. The molecule has 1 amide bonds. The van der Waals surface area contributed by atoms with Crippen molar-refractivity contribution in [2.75, 3.05) is 20.4 Å². The molecule has 0 aliphatic rings. The molecular weight excluding hydrogens is 661 g/mol. The van der Waals surface area contributed by atoms with Crippen LogP contribution in [-0.2, 0) is 35.3 Å². The average molecular weight is 699 g/mol. The number of halogens is 3. The highest BCUT2D eigenvalue weighted by Gasteiger charge is 2.35. The number of alkyl halides is 3. The van der Waals surface area contributed by atoms with Crippen LogP contribution in [0.5, 0.6) is 0 Å². The van der Waals surface area contributed by atoms with Crippen molar-refractivity contribution in [1.29, 1.82) is 0 Å². The number of hydrogen-bond acceptors (Lipinski definition) is 10. The normalized spacial score (nSPS) is 13.5. The Morgan fingerprint density at radius 3 is 2.27 bits per heavy atom. The molecule has 2 atom stereocenters. The minimum absolute atomic E-state index is 0.0705. The SMILES string of the molecule is CC[C@@H](C)[C@@H](COC(=O)NS(=O)(=O)c1ccc(-n2nc(C(F)(F)F)cc2-c2ccc(C)cc2)cc1)N(C)/[N+]([O-])=N/OCOC(=O)C(C)C. The van der Waals surface area contributed by atoms with Gasteiger partial charge in [0.05, 0.1) is 34.2 Å². The van der Waals surface area contributed by atoms with Crippen molar-refractivity contribution >= 4 is 22.1 Å². The second-order valence-corrected chi connectivity index (χ2v) is 12.8. The van der Waals surface area contributed by atoms with Crippen molar-refractivity contribution in [3.63, 3.8) is 0 Å². The molecule has 48 heavy (non-hydrogen) atoms. The van der Waals surface area contributed by atoms with Gasteiger partial charge in [-0.15, -0.1) is 5.01 Å². The molecule has 1 aromatic heterocycles. The van der Waals surface area contributed by atoms with Crippen molar-refractivity contribution in [2.45, 2.75) is 58.2 Å². The lowest BCUT2D eigenvalue weighted by Crippen LogP contribution is -2.45. The van der Waals surface area contributed by atoms with Crippen molar-refractivity contribution in [3.05, 3.63) is 71.1 Å². The van der Waals surface area contributed by atoms with Gasteiger partial charge in [0.2, 0.25) is 5.28 Å². The summed E-state index contributed by atoms with van der Waals surface area (Å²) >= 11 is 0. The van der Waals surface area contributed by atoms with E-state index in [1.807, 2.05) is 13.8 Å². The van der Waals surface area contributed by atoms with Gasteiger partial charge in [-0.05, 0) is 43.2 Å². The minimum atomic E-state index is -4.72. The summed E-state index contributed by atoms with van der Waals surface area (Å²) in [5, 5.41) is 20.5. The van der Waals surface area contributed by atoms with Crippen LogP contribution >= 0.6 is 0 Å². The van der Waals surface area contributed by atoms with Crippen LogP contribution in [0.15, 0.2) is 64.8 Å². The molecule has 1 N–H and O–H groups in total. The van der Waals surface area contributed by atoms with Crippen LogP contribution in [-0.4, -0.2) is 66.7 Å². The van der Waals surface area contributed by atoms with E-state index in [4.69, 9.17) is 14.3 Å². The summed E-state index contributed by atoms with van der Waals surface area (Å²) in [5.74, 6) is -1.21. The molecule has 3 aromatic rings. The largest absolute Gasteiger partial charge is 0.569 e. The zero-order valence-electron chi connectivity index (χ0n) is 27.1. The van der Waals surface area contributed by atoms with E-state index in [1.165, 1.54) is 19.2 Å². The molecule has 3 rings (SSSR count). The highest BCUT2D eigenvalue weighted by Crippen LogP contribution is 2.33. The minimum Gasteiger partial charge on any atom is -0.569 e. The van der Waals surface area contributed by atoms with Gasteiger partial charge < -0.3 is 19.5 Å². The fraction of sp³-hybridized carbons (Fsp3) is 0.433. The number of ether oxygens (including phenoxy) is 2. The molecule has 0 fully saturated rings. The van der Waals surface area contributed by atoms with E-state index in [0.717, 1.165) is 33.5 Å². The first-order valence-corrected chi connectivity index (χ1v) is 16.2. The fourth-order valence-electron chi connectivity index (χ4n) is 4.19. The summed E-state index contributed by atoms with van der Waals surface area (Å²) in [7, 11) is -3.14. The Hall–Kier alpha value is -4.87. The van der Waals surface area contributed by atoms with E-state index in [2.05, 4.69) is 10.4 Å². The van der Waals surface area contributed by atoms with Crippen molar-refractivity contribution in [3.8, 4) is 16.9 Å². The summed E-state index contributed by atoms with van der Waals surface area (Å²) < 4.78 is 79.2. The fourth-order valence-corrected chi connectivity index (χ4v) is 5.08. The monoisotopic (exact) mass is 698 g/mol. The Morgan fingerprint density at radius 1 is 1.08 bits per heavy atom. The number of hydrogen-bond donors (Lipinski definition) is 1. The summed E-state index contributed by atoms with van der Waals surface area (Å²) in [6.07, 6.45) is -5.52. The Balaban J connectivity index is 1.71. The van der Waals surface area contributed by atoms with Crippen LogP contribution in [0.4, 0.5) is 18.0 Å². The molecule has 0 aliphatic heterocycles. The molecule has 0 spiro atoms. The zero-order chi connectivity index (χ0) is 35.8. The van der Waals surface area contributed by atoms with Crippen LogP contribution in [0.1, 0.15) is 45.4 Å². The topological polar surface area (TPSA) is 167 Å². The van der Waals surface area contributed by atoms with E-state index in [1.54, 1.807) is 49.8 Å². The van der Waals surface area contributed by atoms with Gasteiger partial charge in [-0.3, -0.25) is 4.79 Å². The summed E-state index contributed by atoms with van der Waals surface area (Å²) in [6.45, 7) is 7.63. The Kier molecular flexibility index (Phi) is 12.4. The predicted octanol–water partition coefficient (Wildman–Crippen LogP) is 5.59. The number of esters is 1. The number of carbonyl (C=O) groups excluding carboxylic acids is 2. The molecule has 0 saturated carbocycles. The third-order valence-electron chi connectivity index (χ3n) is 7.25. The third kappa shape index (κ3) is 9.82. The number of benzene rings is 2. The van der Waals surface area contributed by atoms with Crippen molar-refractivity contribution in [2.24, 2.45) is 17.1 Å². The smallest absolute Gasteiger partial charge is 0.435 e. The van der Waals surface area contributed by atoms with Gasteiger partial charge in [-0.25, -0.2) is 22.6 Å². The van der Waals surface area contributed by atoms with Gasteiger partial charge in [0.25, 0.3) is 16.8 Å². The molecule has 0 unspecified atom stereocenters. The maximum Gasteiger partial charge on any atom is 0.435 e. The van der Waals surface area contributed by atoms with Crippen LogP contribution in [0.2, 0.25) is 0 Å². The summed E-state index contributed by atoms with van der Waals surface area (Å²) in [5.41, 5.74) is 0.496. The lowest BCUT2D eigenvalue weighted by atomic mass is 10.00.